The zero-order valence-corrected chi connectivity index (χ0v) is 13.1. The number of carboxylic acid groups (broad SMARTS) is 1. The van der Waals surface area contributed by atoms with Gasteiger partial charge in [0, 0.05) is 14.2 Å². The quantitative estimate of drug-likeness (QED) is 0.648. The number of hydrogen-bond acceptors (Lipinski definition) is 2. The van der Waals surface area contributed by atoms with Crippen molar-refractivity contribution < 1.29 is 14.7 Å². The molecule has 0 atom stereocenters. The van der Waals surface area contributed by atoms with Gasteiger partial charge in [-0.25, -0.2) is 4.79 Å². The molecule has 98 valence electrons. The third-order valence-corrected chi connectivity index (χ3v) is 3.48. The number of carboxylic acids is 1. The average molecular weight is 435 g/mol. The summed E-state index contributed by atoms with van der Waals surface area (Å²) in [6.45, 7) is 0. The molecule has 1 heterocycles. The molecule has 0 saturated carbocycles. The fourth-order valence-corrected chi connectivity index (χ4v) is 2.33. The molecule has 19 heavy (non-hydrogen) atoms. The van der Waals surface area contributed by atoms with Crippen LogP contribution in [0.2, 0.25) is 0 Å². The molecular formula is C12H8BrIN2O3. The lowest BCUT2D eigenvalue weighted by molar-refractivity contribution is 0.0698. The Bertz CT molecular complexity index is 654. The Kier molecular flexibility index (Phi) is 4.25. The number of rotatable bonds is 3. The summed E-state index contributed by atoms with van der Waals surface area (Å²) in [5.41, 5.74) is 0.677. The van der Waals surface area contributed by atoms with E-state index in [0.29, 0.717) is 5.69 Å². The number of hydrogen-bond donors (Lipinski definition) is 3. The summed E-state index contributed by atoms with van der Waals surface area (Å²) in [5.74, 6) is -1.48. The largest absolute Gasteiger partial charge is 0.478 e. The van der Waals surface area contributed by atoms with Gasteiger partial charge in [0.2, 0.25) is 0 Å². The lowest BCUT2D eigenvalue weighted by Crippen LogP contribution is -2.15. The molecule has 0 radical (unpaired) electrons. The zero-order valence-electron chi connectivity index (χ0n) is 9.41. The van der Waals surface area contributed by atoms with Crippen LogP contribution in [-0.2, 0) is 0 Å². The van der Waals surface area contributed by atoms with E-state index in [1.165, 1.54) is 6.07 Å². The second-order valence-corrected chi connectivity index (χ2v) is 5.84. The van der Waals surface area contributed by atoms with Crippen LogP contribution in [0.25, 0.3) is 0 Å². The number of aromatic carboxylic acids is 1. The zero-order chi connectivity index (χ0) is 14.0. The van der Waals surface area contributed by atoms with E-state index in [-0.39, 0.29) is 11.3 Å². The molecule has 0 unspecified atom stereocenters. The van der Waals surface area contributed by atoms with E-state index in [1.807, 2.05) is 22.6 Å². The highest BCUT2D eigenvalue weighted by atomic mass is 127. The summed E-state index contributed by atoms with van der Waals surface area (Å²) in [4.78, 5) is 25.8. The van der Waals surface area contributed by atoms with Gasteiger partial charge in [0.1, 0.15) is 5.69 Å². The van der Waals surface area contributed by atoms with E-state index in [0.717, 1.165) is 8.04 Å². The van der Waals surface area contributed by atoms with Gasteiger partial charge in [-0.05, 0) is 62.8 Å². The summed E-state index contributed by atoms with van der Waals surface area (Å²) in [7, 11) is 0. The van der Waals surface area contributed by atoms with Crippen molar-refractivity contribution in [2.45, 2.75) is 0 Å². The highest BCUT2D eigenvalue weighted by Crippen LogP contribution is 2.20. The monoisotopic (exact) mass is 434 g/mol. The Hall–Kier alpha value is -1.35. The smallest absolute Gasteiger partial charge is 0.337 e. The van der Waals surface area contributed by atoms with E-state index in [2.05, 4.69) is 26.2 Å². The van der Waals surface area contributed by atoms with E-state index in [1.54, 1.807) is 24.4 Å². The molecule has 0 spiro atoms. The first-order valence-corrected chi connectivity index (χ1v) is 7.02. The predicted molar refractivity (Wildman–Crippen MR) is 82.6 cm³/mol. The Morgan fingerprint density at radius 3 is 2.63 bits per heavy atom. The fourth-order valence-electron chi connectivity index (χ4n) is 1.49. The minimum absolute atomic E-state index is 0.0610. The maximum Gasteiger partial charge on any atom is 0.337 e. The highest BCUT2D eigenvalue weighted by Gasteiger charge is 2.14. The molecule has 2 rings (SSSR count). The molecule has 5 nitrogen and oxygen atoms in total. The van der Waals surface area contributed by atoms with Crippen molar-refractivity contribution in [2.24, 2.45) is 0 Å². The number of benzene rings is 1. The first kappa shape index (κ1) is 14.1. The van der Waals surface area contributed by atoms with Crippen LogP contribution < -0.4 is 5.32 Å². The summed E-state index contributed by atoms with van der Waals surface area (Å²) < 4.78 is 1.54. The highest BCUT2D eigenvalue weighted by molar-refractivity contribution is 14.1. The van der Waals surface area contributed by atoms with Crippen LogP contribution >= 0.6 is 38.5 Å². The molecule has 0 fully saturated rings. The minimum atomic E-state index is -1.08. The van der Waals surface area contributed by atoms with E-state index >= 15 is 0 Å². The van der Waals surface area contributed by atoms with Crippen LogP contribution in [-0.4, -0.2) is 22.0 Å². The lowest BCUT2D eigenvalue weighted by Gasteiger charge is -2.08. The fraction of sp³-hybridized carbons (Fsp3) is 0. The molecular weight excluding hydrogens is 427 g/mol. The summed E-state index contributed by atoms with van der Waals surface area (Å²) >= 11 is 5.24. The normalized spacial score (nSPS) is 10.2. The second-order valence-electron chi connectivity index (χ2n) is 3.68. The summed E-state index contributed by atoms with van der Waals surface area (Å²) in [5, 5.41) is 11.7. The van der Waals surface area contributed by atoms with E-state index in [4.69, 9.17) is 5.11 Å². The standard InChI is InChI=1S/C12H8BrIN2O3/c13-6-3-10(15-5-6)11(17)16-9-2-1-7(14)4-8(9)12(18)19/h1-5,15H,(H,16,17)(H,18,19). The Morgan fingerprint density at radius 2 is 2.05 bits per heavy atom. The average Bonchev–Trinajstić information content (AvgIpc) is 2.78. The van der Waals surface area contributed by atoms with Crippen LogP contribution in [0.3, 0.4) is 0 Å². The number of halogens is 2. The number of aromatic amines is 1. The summed E-state index contributed by atoms with van der Waals surface area (Å²) in [6, 6.07) is 6.42. The van der Waals surface area contributed by atoms with Gasteiger partial charge in [0.15, 0.2) is 0 Å². The van der Waals surface area contributed by atoms with Gasteiger partial charge in [-0.3, -0.25) is 4.79 Å². The minimum Gasteiger partial charge on any atom is -0.478 e. The molecule has 0 aliphatic rings. The van der Waals surface area contributed by atoms with Crippen LogP contribution in [0.1, 0.15) is 20.8 Å². The van der Waals surface area contributed by atoms with Crippen LogP contribution in [0.15, 0.2) is 34.9 Å². The number of carbonyl (C=O) groups is 2. The molecule has 2 aromatic rings. The molecule has 1 amide bonds. The Balaban J connectivity index is 2.28. The Labute approximate surface area is 130 Å². The van der Waals surface area contributed by atoms with Crippen molar-refractivity contribution in [3.05, 3.63) is 49.8 Å². The number of amides is 1. The van der Waals surface area contributed by atoms with Gasteiger partial charge in [0.25, 0.3) is 5.91 Å². The van der Waals surface area contributed by atoms with Gasteiger partial charge < -0.3 is 15.4 Å². The Morgan fingerprint density at radius 1 is 1.32 bits per heavy atom. The van der Waals surface area contributed by atoms with Crippen molar-refractivity contribution >= 4 is 56.1 Å². The number of carbonyl (C=O) groups excluding carboxylic acids is 1. The van der Waals surface area contributed by atoms with Crippen molar-refractivity contribution in [1.29, 1.82) is 0 Å². The number of nitrogens with one attached hydrogen (secondary N) is 2. The van der Waals surface area contributed by atoms with Gasteiger partial charge in [-0.1, -0.05) is 0 Å². The van der Waals surface area contributed by atoms with Crippen LogP contribution in [0.5, 0.6) is 0 Å². The number of anilines is 1. The molecule has 0 aliphatic carbocycles. The van der Waals surface area contributed by atoms with Crippen LogP contribution in [0, 0.1) is 3.57 Å². The van der Waals surface area contributed by atoms with E-state index in [9.17, 15) is 9.59 Å². The maximum absolute atomic E-state index is 11.9. The number of H-pyrrole nitrogens is 1. The third-order valence-electron chi connectivity index (χ3n) is 2.35. The van der Waals surface area contributed by atoms with Gasteiger partial charge >= 0.3 is 5.97 Å². The molecule has 1 aromatic heterocycles. The molecule has 0 aliphatic heterocycles. The molecule has 1 aromatic carbocycles. The first-order valence-electron chi connectivity index (χ1n) is 5.15. The maximum atomic E-state index is 11.9. The summed E-state index contributed by atoms with van der Waals surface area (Å²) in [6.07, 6.45) is 1.63. The van der Waals surface area contributed by atoms with E-state index < -0.39 is 11.9 Å². The van der Waals surface area contributed by atoms with Gasteiger partial charge in [0.05, 0.1) is 11.3 Å². The molecule has 7 heteroatoms. The number of aromatic nitrogens is 1. The van der Waals surface area contributed by atoms with Crippen molar-refractivity contribution in [3.63, 3.8) is 0 Å². The molecule has 3 N–H and O–H groups in total. The lowest BCUT2D eigenvalue weighted by atomic mass is 10.2. The van der Waals surface area contributed by atoms with Crippen molar-refractivity contribution in [2.75, 3.05) is 5.32 Å². The van der Waals surface area contributed by atoms with Gasteiger partial charge in [-0.2, -0.15) is 0 Å². The van der Waals surface area contributed by atoms with Gasteiger partial charge in [-0.15, -0.1) is 0 Å². The SMILES string of the molecule is O=C(Nc1ccc(I)cc1C(=O)O)c1cc(Br)c[nH]1. The van der Waals surface area contributed by atoms with Crippen molar-refractivity contribution in [1.82, 2.24) is 4.98 Å². The van der Waals surface area contributed by atoms with Crippen molar-refractivity contribution in [3.8, 4) is 0 Å². The molecule has 0 bridgehead atoms. The third kappa shape index (κ3) is 3.35. The first-order chi connectivity index (χ1) is 8.97. The second kappa shape index (κ2) is 5.74. The van der Waals surface area contributed by atoms with Crippen LogP contribution in [0.4, 0.5) is 5.69 Å². The predicted octanol–water partition coefficient (Wildman–Crippen LogP) is 3.33. The molecule has 0 saturated heterocycles. The topological polar surface area (TPSA) is 82.2 Å².